The maximum atomic E-state index is 12.1. The molecule has 0 N–H and O–H groups in total. The molecule has 0 saturated carbocycles. The molecule has 0 aliphatic rings. The van der Waals surface area contributed by atoms with Gasteiger partial charge in [-0.15, -0.1) is 0 Å². The largest absolute Gasteiger partial charge is 0.274 e. The van der Waals surface area contributed by atoms with E-state index in [0.717, 1.165) is 5.56 Å². The third-order valence-corrected chi connectivity index (χ3v) is 4.40. The summed E-state index contributed by atoms with van der Waals surface area (Å²) in [6.45, 7) is 1.81. The zero-order chi connectivity index (χ0) is 13.3. The minimum absolute atomic E-state index is 0.102. The molecule has 0 aliphatic heterocycles. The average Bonchev–Trinajstić information content (AvgIpc) is 2.70. The lowest BCUT2D eigenvalue weighted by Crippen LogP contribution is -2.06. The van der Waals surface area contributed by atoms with Crippen molar-refractivity contribution in [1.82, 2.24) is 14.8 Å². The van der Waals surface area contributed by atoms with E-state index in [1.165, 1.54) is 23.3 Å². The molecular formula is C11H12ClN3O2S. The summed E-state index contributed by atoms with van der Waals surface area (Å²) in [6.07, 6.45) is 4.31. The van der Waals surface area contributed by atoms with Crippen molar-refractivity contribution >= 4 is 21.4 Å². The van der Waals surface area contributed by atoms with E-state index in [1.807, 2.05) is 6.92 Å². The van der Waals surface area contributed by atoms with E-state index >= 15 is 0 Å². The summed E-state index contributed by atoms with van der Waals surface area (Å²) in [7, 11) is -1.72. The van der Waals surface area contributed by atoms with Crippen LogP contribution in [-0.4, -0.2) is 23.2 Å². The highest BCUT2D eigenvalue weighted by Gasteiger charge is 2.18. The SMILES string of the molecule is Cc1cc(Cl)ncc1CS(=O)(=O)c1cnn(C)c1. The number of hydrogen-bond donors (Lipinski definition) is 0. The monoisotopic (exact) mass is 285 g/mol. The van der Waals surface area contributed by atoms with E-state index in [-0.39, 0.29) is 10.6 Å². The molecule has 0 spiro atoms. The van der Waals surface area contributed by atoms with Crippen LogP contribution in [0.2, 0.25) is 5.15 Å². The van der Waals surface area contributed by atoms with Gasteiger partial charge in [-0.2, -0.15) is 5.10 Å². The smallest absolute Gasteiger partial charge is 0.185 e. The highest BCUT2D eigenvalue weighted by molar-refractivity contribution is 7.90. The van der Waals surface area contributed by atoms with Crippen LogP contribution in [-0.2, 0) is 22.6 Å². The van der Waals surface area contributed by atoms with Crippen LogP contribution in [0.5, 0.6) is 0 Å². The van der Waals surface area contributed by atoms with Crippen molar-refractivity contribution in [1.29, 1.82) is 0 Å². The number of sulfone groups is 1. The first kappa shape index (κ1) is 13.0. The molecule has 0 bridgehead atoms. The minimum atomic E-state index is -3.39. The molecule has 0 atom stereocenters. The Morgan fingerprint density at radius 1 is 1.39 bits per heavy atom. The highest BCUT2D eigenvalue weighted by atomic mass is 35.5. The molecule has 96 valence electrons. The van der Waals surface area contributed by atoms with Crippen LogP contribution in [0, 0.1) is 6.92 Å². The van der Waals surface area contributed by atoms with Crippen molar-refractivity contribution in [2.24, 2.45) is 7.05 Å². The summed E-state index contributed by atoms with van der Waals surface area (Å²) >= 11 is 5.73. The topological polar surface area (TPSA) is 64.8 Å². The molecule has 2 aromatic heterocycles. The quantitative estimate of drug-likeness (QED) is 0.806. The second-order valence-electron chi connectivity index (χ2n) is 4.04. The maximum Gasteiger partial charge on any atom is 0.185 e. The Bertz CT molecular complexity index is 679. The zero-order valence-corrected chi connectivity index (χ0v) is 11.5. The Morgan fingerprint density at radius 3 is 2.67 bits per heavy atom. The number of halogens is 1. The Hall–Kier alpha value is -1.40. The summed E-state index contributed by atoms with van der Waals surface area (Å²) in [5, 5.41) is 4.22. The molecule has 0 aliphatic carbocycles. The number of rotatable bonds is 3. The molecule has 0 unspecified atom stereocenters. The summed E-state index contributed by atoms with van der Waals surface area (Å²) in [5.41, 5.74) is 1.45. The Morgan fingerprint density at radius 2 is 2.11 bits per heavy atom. The van der Waals surface area contributed by atoms with Crippen molar-refractivity contribution in [2.75, 3.05) is 0 Å². The van der Waals surface area contributed by atoms with Crippen LogP contribution >= 0.6 is 11.6 Å². The van der Waals surface area contributed by atoms with Crippen LogP contribution in [0.4, 0.5) is 0 Å². The van der Waals surface area contributed by atoms with Crippen LogP contribution in [0.3, 0.4) is 0 Å². The molecule has 2 rings (SSSR count). The molecule has 0 fully saturated rings. The van der Waals surface area contributed by atoms with Crippen molar-refractivity contribution in [3.05, 3.63) is 40.9 Å². The molecule has 7 heteroatoms. The predicted molar refractivity (Wildman–Crippen MR) is 68.1 cm³/mol. The van der Waals surface area contributed by atoms with E-state index in [1.54, 1.807) is 13.1 Å². The molecule has 2 heterocycles. The van der Waals surface area contributed by atoms with Crippen LogP contribution < -0.4 is 0 Å². The lowest BCUT2D eigenvalue weighted by atomic mass is 10.2. The van der Waals surface area contributed by atoms with Gasteiger partial charge in [-0.25, -0.2) is 13.4 Å². The number of pyridine rings is 1. The number of hydrogen-bond acceptors (Lipinski definition) is 4. The molecule has 2 aromatic rings. The summed E-state index contributed by atoms with van der Waals surface area (Å²) in [4.78, 5) is 4.11. The van der Waals surface area contributed by atoms with Crippen molar-refractivity contribution in [3.8, 4) is 0 Å². The molecule has 5 nitrogen and oxygen atoms in total. The van der Waals surface area contributed by atoms with Gasteiger partial charge in [-0.1, -0.05) is 11.6 Å². The molecule has 0 amide bonds. The van der Waals surface area contributed by atoms with Crippen molar-refractivity contribution in [2.45, 2.75) is 17.6 Å². The van der Waals surface area contributed by atoms with Gasteiger partial charge in [-0.3, -0.25) is 4.68 Å². The Labute approximate surface area is 110 Å². The molecule has 18 heavy (non-hydrogen) atoms. The van der Waals surface area contributed by atoms with E-state index in [4.69, 9.17) is 11.6 Å². The molecule has 0 saturated heterocycles. The van der Waals surface area contributed by atoms with E-state index < -0.39 is 9.84 Å². The molecular weight excluding hydrogens is 274 g/mol. The van der Waals surface area contributed by atoms with E-state index in [0.29, 0.717) is 10.7 Å². The molecule has 0 aromatic carbocycles. The van der Waals surface area contributed by atoms with Crippen molar-refractivity contribution in [3.63, 3.8) is 0 Å². The number of aromatic nitrogens is 3. The van der Waals surface area contributed by atoms with Gasteiger partial charge in [0, 0.05) is 19.4 Å². The van der Waals surface area contributed by atoms with Gasteiger partial charge in [0.2, 0.25) is 0 Å². The van der Waals surface area contributed by atoms with Crippen LogP contribution in [0.15, 0.2) is 29.6 Å². The third kappa shape index (κ3) is 2.70. The fourth-order valence-electron chi connectivity index (χ4n) is 1.55. The summed E-state index contributed by atoms with van der Waals surface area (Å²) < 4.78 is 25.7. The van der Waals surface area contributed by atoms with Crippen LogP contribution in [0.25, 0.3) is 0 Å². The Kier molecular flexibility index (Phi) is 3.41. The van der Waals surface area contributed by atoms with E-state index in [9.17, 15) is 8.42 Å². The maximum absolute atomic E-state index is 12.1. The van der Waals surface area contributed by atoms with Crippen LogP contribution in [0.1, 0.15) is 11.1 Å². The second kappa shape index (κ2) is 4.70. The number of aryl methyl sites for hydroxylation is 2. The van der Waals surface area contributed by atoms with Crippen molar-refractivity contribution < 1.29 is 8.42 Å². The fourth-order valence-corrected chi connectivity index (χ4v) is 3.16. The highest BCUT2D eigenvalue weighted by Crippen LogP contribution is 2.19. The van der Waals surface area contributed by atoms with Gasteiger partial charge < -0.3 is 0 Å². The second-order valence-corrected chi connectivity index (χ2v) is 6.42. The third-order valence-electron chi connectivity index (χ3n) is 2.57. The first-order chi connectivity index (χ1) is 8.38. The zero-order valence-electron chi connectivity index (χ0n) is 9.96. The van der Waals surface area contributed by atoms with Gasteiger partial charge in [0.05, 0.1) is 11.9 Å². The lowest BCUT2D eigenvalue weighted by molar-refractivity contribution is 0.595. The standard InChI is InChI=1S/C11H12ClN3O2S/c1-8-3-11(12)13-4-9(8)7-18(16,17)10-5-14-15(2)6-10/h3-6H,7H2,1-2H3. The summed E-state index contributed by atoms with van der Waals surface area (Å²) in [6, 6.07) is 1.65. The van der Waals surface area contributed by atoms with Gasteiger partial charge in [0.15, 0.2) is 9.84 Å². The fraction of sp³-hybridized carbons (Fsp3) is 0.273. The minimum Gasteiger partial charge on any atom is -0.274 e. The molecule has 0 radical (unpaired) electrons. The normalized spacial score (nSPS) is 11.7. The van der Waals surface area contributed by atoms with Gasteiger partial charge in [-0.05, 0) is 24.1 Å². The lowest BCUT2D eigenvalue weighted by Gasteiger charge is -2.05. The van der Waals surface area contributed by atoms with Gasteiger partial charge >= 0.3 is 0 Å². The van der Waals surface area contributed by atoms with Gasteiger partial charge in [0.25, 0.3) is 0 Å². The Balaban J connectivity index is 2.33. The van der Waals surface area contributed by atoms with Gasteiger partial charge in [0.1, 0.15) is 10.0 Å². The summed E-state index contributed by atoms with van der Waals surface area (Å²) in [5.74, 6) is -0.102. The number of nitrogens with zero attached hydrogens (tertiary/aromatic N) is 3. The first-order valence-corrected chi connectivity index (χ1v) is 7.24. The first-order valence-electron chi connectivity index (χ1n) is 5.21. The predicted octanol–water partition coefficient (Wildman–Crippen LogP) is 1.75. The average molecular weight is 286 g/mol. The van der Waals surface area contributed by atoms with E-state index in [2.05, 4.69) is 10.1 Å².